The number of piperidine rings is 1. The minimum Gasteiger partial charge on any atom is -0.397 e. The average Bonchev–Trinajstić information content (AvgIpc) is 2.96. The molecule has 0 radical (unpaired) electrons. The lowest BCUT2D eigenvalue weighted by Crippen LogP contribution is -2.48. The van der Waals surface area contributed by atoms with Crippen molar-refractivity contribution in [2.75, 3.05) is 23.7 Å². The third-order valence-electron chi connectivity index (χ3n) is 6.40. The molecule has 1 aliphatic heterocycles. The standard InChI is InChI=1S/C20H27ClN6OS/c1-12-7-16(23)20(9-12)3-5-27(6-4-20)19-25-11-15(18(28)26(19)2)29-14-8-13(22)10-24-17(14)21/h8,10-12,16H,3-7,9,22-23H2,1-2H3/t12-,16+/m0/s1. The van der Waals surface area contributed by atoms with E-state index in [1.54, 1.807) is 23.9 Å². The molecule has 4 N–H and O–H groups in total. The van der Waals surface area contributed by atoms with Crippen LogP contribution in [0.2, 0.25) is 5.15 Å². The van der Waals surface area contributed by atoms with Gasteiger partial charge in [-0.25, -0.2) is 9.97 Å². The number of hydrogen-bond donors (Lipinski definition) is 2. The van der Waals surface area contributed by atoms with Crippen molar-refractivity contribution >= 4 is 35.0 Å². The molecule has 4 rings (SSSR count). The van der Waals surface area contributed by atoms with Gasteiger partial charge in [0, 0.05) is 26.2 Å². The van der Waals surface area contributed by atoms with E-state index in [0.717, 1.165) is 32.4 Å². The van der Waals surface area contributed by atoms with Crippen LogP contribution in [0, 0.1) is 11.3 Å². The number of halogens is 1. The third-order valence-corrected chi connectivity index (χ3v) is 7.84. The van der Waals surface area contributed by atoms with E-state index >= 15 is 0 Å². The molecule has 7 nitrogen and oxygen atoms in total. The fraction of sp³-hybridized carbons (Fsp3) is 0.550. The van der Waals surface area contributed by atoms with Gasteiger partial charge in [-0.05, 0) is 43.1 Å². The van der Waals surface area contributed by atoms with Crippen molar-refractivity contribution in [2.24, 2.45) is 24.1 Å². The molecule has 0 bridgehead atoms. The smallest absolute Gasteiger partial charge is 0.268 e. The zero-order chi connectivity index (χ0) is 20.8. The summed E-state index contributed by atoms with van der Waals surface area (Å²) in [5, 5.41) is 0.318. The van der Waals surface area contributed by atoms with E-state index in [2.05, 4.69) is 21.8 Å². The van der Waals surface area contributed by atoms with Crippen LogP contribution in [0.25, 0.3) is 0 Å². The van der Waals surface area contributed by atoms with Gasteiger partial charge < -0.3 is 16.4 Å². The second kappa shape index (κ2) is 7.81. The van der Waals surface area contributed by atoms with Gasteiger partial charge in [0.15, 0.2) is 0 Å². The van der Waals surface area contributed by atoms with E-state index < -0.39 is 0 Å². The van der Waals surface area contributed by atoms with E-state index in [0.29, 0.717) is 32.5 Å². The first-order valence-electron chi connectivity index (χ1n) is 9.94. The van der Waals surface area contributed by atoms with E-state index in [4.69, 9.17) is 23.1 Å². The van der Waals surface area contributed by atoms with Crippen molar-refractivity contribution in [3.05, 3.63) is 34.0 Å². The van der Waals surface area contributed by atoms with Crippen molar-refractivity contribution in [2.45, 2.75) is 48.4 Å². The number of nitrogens with two attached hydrogens (primary N) is 2. The highest BCUT2D eigenvalue weighted by Crippen LogP contribution is 2.48. The number of aromatic nitrogens is 3. The van der Waals surface area contributed by atoms with Gasteiger partial charge in [0.2, 0.25) is 5.95 Å². The molecule has 2 atom stereocenters. The molecule has 0 unspecified atom stereocenters. The largest absolute Gasteiger partial charge is 0.397 e. The van der Waals surface area contributed by atoms with Crippen LogP contribution >= 0.6 is 23.4 Å². The fourth-order valence-corrected chi connectivity index (χ4v) is 5.97. The summed E-state index contributed by atoms with van der Waals surface area (Å²) in [6, 6.07) is 2.00. The highest BCUT2D eigenvalue weighted by atomic mass is 35.5. The first kappa shape index (κ1) is 20.5. The van der Waals surface area contributed by atoms with Crippen LogP contribution in [0.15, 0.2) is 33.0 Å². The number of hydrogen-bond acceptors (Lipinski definition) is 7. The van der Waals surface area contributed by atoms with Crippen molar-refractivity contribution in [3.8, 4) is 0 Å². The summed E-state index contributed by atoms with van der Waals surface area (Å²) in [4.78, 5) is 24.9. The van der Waals surface area contributed by atoms with Gasteiger partial charge in [-0.3, -0.25) is 9.36 Å². The van der Waals surface area contributed by atoms with Gasteiger partial charge in [0.25, 0.3) is 5.56 Å². The second-order valence-electron chi connectivity index (χ2n) is 8.45. The number of rotatable bonds is 3. The summed E-state index contributed by atoms with van der Waals surface area (Å²) in [6.45, 7) is 4.04. The molecule has 1 saturated heterocycles. The Kier molecular flexibility index (Phi) is 5.52. The van der Waals surface area contributed by atoms with Gasteiger partial charge in [-0.15, -0.1) is 0 Å². The predicted octanol–water partition coefficient (Wildman–Crippen LogP) is 2.91. The summed E-state index contributed by atoms with van der Waals surface area (Å²) >= 11 is 7.37. The zero-order valence-corrected chi connectivity index (χ0v) is 18.3. The maximum absolute atomic E-state index is 12.9. The van der Waals surface area contributed by atoms with Crippen LogP contribution in [-0.2, 0) is 7.05 Å². The van der Waals surface area contributed by atoms with Gasteiger partial charge in [0.05, 0.1) is 27.9 Å². The first-order chi connectivity index (χ1) is 13.8. The molecule has 2 fully saturated rings. The van der Waals surface area contributed by atoms with E-state index in [1.165, 1.54) is 24.4 Å². The summed E-state index contributed by atoms with van der Waals surface area (Å²) in [5.41, 5.74) is 12.9. The molecule has 1 spiro atoms. The van der Waals surface area contributed by atoms with Crippen LogP contribution in [0.3, 0.4) is 0 Å². The van der Waals surface area contributed by atoms with Crippen LogP contribution in [0.1, 0.15) is 32.6 Å². The first-order valence-corrected chi connectivity index (χ1v) is 11.1. The quantitative estimate of drug-likeness (QED) is 0.715. The lowest BCUT2D eigenvalue weighted by molar-refractivity contribution is 0.192. The number of anilines is 2. The molecule has 2 aromatic heterocycles. The van der Waals surface area contributed by atoms with Crippen LogP contribution in [-0.4, -0.2) is 33.7 Å². The summed E-state index contributed by atoms with van der Waals surface area (Å²) < 4.78 is 1.62. The molecule has 0 aromatic carbocycles. The highest BCUT2D eigenvalue weighted by Gasteiger charge is 2.45. The molecule has 29 heavy (non-hydrogen) atoms. The molecule has 1 aliphatic carbocycles. The fourth-order valence-electron chi connectivity index (χ4n) is 4.85. The Morgan fingerprint density at radius 2 is 1.97 bits per heavy atom. The maximum Gasteiger partial charge on any atom is 0.268 e. The Morgan fingerprint density at radius 3 is 2.62 bits per heavy atom. The predicted molar refractivity (Wildman–Crippen MR) is 118 cm³/mol. The molecular formula is C20H27ClN6OS. The summed E-state index contributed by atoms with van der Waals surface area (Å²) in [6.07, 6.45) is 7.54. The molecule has 156 valence electrons. The number of nitrogen functional groups attached to an aromatic ring is 1. The zero-order valence-electron chi connectivity index (χ0n) is 16.8. The minimum atomic E-state index is -0.107. The molecule has 9 heteroatoms. The Hall–Kier alpha value is -1.77. The molecule has 0 amide bonds. The van der Waals surface area contributed by atoms with Crippen LogP contribution in [0.5, 0.6) is 0 Å². The number of nitrogens with zero attached hydrogens (tertiary/aromatic N) is 4. The topological polar surface area (TPSA) is 103 Å². The van der Waals surface area contributed by atoms with Gasteiger partial charge in [-0.2, -0.15) is 0 Å². The summed E-state index contributed by atoms with van der Waals surface area (Å²) in [7, 11) is 1.77. The van der Waals surface area contributed by atoms with Crippen molar-refractivity contribution in [1.29, 1.82) is 0 Å². The van der Waals surface area contributed by atoms with Gasteiger partial charge in [0.1, 0.15) is 5.15 Å². The second-order valence-corrected chi connectivity index (χ2v) is 9.89. The average molecular weight is 435 g/mol. The lowest BCUT2D eigenvalue weighted by atomic mass is 9.74. The summed E-state index contributed by atoms with van der Waals surface area (Å²) in [5.74, 6) is 1.40. The van der Waals surface area contributed by atoms with Crippen LogP contribution in [0.4, 0.5) is 11.6 Å². The normalized spacial score (nSPS) is 23.7. The molecule has 1 saturated carbocycles. The van der Waals surface area contributed by atoms with E-state index in [-0.39, 0.29) is 17.0 Å². The van der Waals surface area contributed by atoms with E-state index in [1.807, 2.05) is 0 Å². The molecule has 2 aromatic rings. The lowest BCUT2D eigenvalue weighted by Gasteiger charge is -2.42. The van der Waals surface area contributed by atoms with Crippen LogP contribution < -0.4 is 21.9 Å². The number of pyridine rings is 1. The van der Waals surface area contributed by atoms with Crippen molar-refractivity contribution in [3.63, 3.8) is 0 Å². The Balaban J connectivity index is 1.52. The Morgan fingerprint density at radius 1 is 1.24 bits per heavy atom. The third kappa shape index (κ3) is 3.85. The van der Waals surface area contributed by atoms with Crippen molar-refractivity contribution < 1.29 is 0 Å². The molecule has 3 heterocycles. The Bertz CT molecular complexity index is 972. The maximum atomic E-state index is 12.9. The molecular weight excluding hydrogens is 408 g/mol. The van der Waals surface area contributed by atoms with Gasteiger partial charge >= 0.3 is 0 Å². The van der Waals surface area contributed by atoms with Crippen molar-refractivity contribution in [1.82, 2.24) is 14.5 Å². The Labute approximate surface area is 179 Å². The highest BCUT2D eigenvalue weighted by molar-refractivity contribution is 7.99. The monoisotopic (exact) mass is 434 g/mol. The molecule has 2 aliphatic rings. The minimum absolute atomic E-state index is 0.107. The van der Waals surface area contributed by atoms with Gasteiger partial charge in [-0.1, -0.05) is 30.3 Å². The SMILES string of the molecule is C[C@H]1C[C@@H](N)C2(CCN(c3ncc(Sc4cc(N)cnc4Cl)c(=O)n3C)CC2)C1. The van der Waals surface area contributed by atoms with E-state index in [9.17, 15) is 4.79 Å².